The first-order chi connectivity index (χ1) is 13.5. The Labute approximate surface area is 167 Å². The maximum absolute atomic E-state index is 12.4. The summed E-state index contributed by atoms with van der Waals surface area (Å²) in [4.78, 5) is 6.91. The zero-order chi connectivity index (χ0) is 20.0. The number of guanidine groups is 1. The molecule has 1 aromatic carbocycles. The van der Waals surface area contributed by atoms with E-state index in [0.29, 0.717) is 26.2 Å². The van der Waals surface area contributed by atoms with Crippen LogP contribution < -0.4 is 10.0 Å². The maximum atomic E-state index is 12.4. The van der Waals surface area contributed by atoms with E-state index in [1.54, 1.807) is 24.3 Å². The van der Waals surface area contributed by atoms with Crippen LogP contribution in [0, 0.1) is 0 Å². The Balaban J connectivity index is 1.59. The minimum atomic E-state index is -3.54. The highest BCUT2D eigenvalue weighted by Gasteiger charge is 2.23. The van der Waals surface area contributed by atoms with Crippen LogP contribution >= 0.6 is 0 Å². The molecule has 1 aromatic rings. The Morgan fingerprint density at radius 1 is 1.32 bits per heavy atom. The van der Waals surface area contributed by atoms with Crippen LogP contribution in [0.2, 0.25) is 0 Å². The summed E-state index contributed by atoms with van der Waals surface area (Å²) >= 11 is 0. The van der Waals surface area contributed by atoms with Crippen LogP contribution in [-0.2, 0) is 21.3 Å². The first kappa shape index (κ1) is 21.0. The number of β-amino-alcohol motifs (C(OH)–C–C–N with tert-alkyl or cyclic N) is 1. The molecule has 156 valence electrons. The van der Waals surface area contributed by atoms with Crippen LogP contribution in [0.3, 0.4) is 0 Å². The number of sulfonamides is 1. The standard InChI is InChI=1S/C19H30N4O4S/c1-2-20-19(23-10-9-16(24)14-23)21-12-15-5-7-18(8-6-15)28(25,26)22-13-17-4-3-11-27-17/h5-8,16-17,22,24H,2-4,9-14H2,1H3,(H,20,21)/t16-,17?/m1/s1. The molecule has 1 unspecified atom stereocenters. The van der Waals surface area contributed by atoms with E-state index in [2.05, 4.69) is 15.0 Å². The van der Waals surface area contributed by atoms with Crippen LogP contribution in [0.5, 0.6) is 0 Å². The van der Waals surface area contributed by atoms with Crippen LogP contribution in [0.4, 0.5) is 0 Å². The second kappa shape index (κ2) is 9.69. The largest absolute Gasteiger partial charge is 0.391 e. The molecule has 2 atom stereocenters. The summed E-state index contributed by atoms with van der Waals surface area (Å²) in [5, 5.41) is 13.0. The van der Waals surface area contributed by atoms with Crippen molar-refractivity contribution >= 4 is 16.0 Å². The molecule has 2 fully saturated rings. The van der Waals surface area contributed by atoms with Gasteiger partial charge in [0.25, 0.3) is 0 Å². The predicted molar refractivity (Wildman–Crippen MR) is 108 cm³/mol. The third-order valence-corrected chi connectivity index (χ3v) is 6.41. The van der Waals surface area contributed by atoms with E-state index in [4.69, 9.17) is 4.74 Å². The monoisotopic (exact) mass is 410 g/mol. The van der Waals surface area contributed by atoms with Crippen molar-refractivity contribution in [1.29, 1.82) is 0 Å². The van der Waals surface area contributed by atoms with Gasteiger partial charge < -0.3 is 20.1 Å². The molecular formula is C19H30N4O4S. The maximum Gasteiger partial charge on any atom is 0.240 e. The summed E-state index contributed by atoms with van der Waals surface area (Å²) in [5.41, 5.74) is 0.924. The van der Waals surface area contributed by atoms with E-state index >= 15 is 0 Å². The molecule has 2 heterocycles. The molecule has 0 radical (unpaired) electrons. The Morgan fingerprint density at radius 3 is 2.71 bits per heavy atom. The number of aliphatic imine (C=N–C) groups is 1. The van der Waals surface area contributed by atoms with Gasteiger partial charge in [-0.05, 0) is 43.9 Å². The number of likely N-dealkylation sites (tertiary alicyclic amines) is 1. The molecule has 2 aliphatic rings. The second-order valence-electron chi connectivity index (χ2n) is 7.19. The molecule has 0 aliphatic carbocycles. The third-order valence-electron chi connectivity index (χ3n) is 4.97. The quantitative estimate of drug-likeness (QED) is 0.451. The number of aliphatic hydroxyl groups is 1. The van der Waals surface area contributed by atoms with Crippen LogP contribution in [0.25, 0.3) is 0 Å². The number of nitrogens with zero attached hydrogens (tertiary/aromatic N) is 2. The Bertz CT molecular complexity index is 761. The summed E-state index contributed by atoms with van der Waals surface area (Å²) in [7, 11) is -3.54. The van der Waals surface area contributed by atoms with Gasteiger partial charge >= 0.3 is 0 Å². The molecule has 9 heteroatoms. The Morgan fingerprint density at radius 2 is 2.11 bits per heavy atom. The molecule has 0 aromatic heterocycles. The van der Waals surface area contributed by atoms with Crippen molar-refractivity contribution in [2.75, 3.05) is 32.8 Å². The molecule has 28 heavy (non-hydrogen) atoms. The predicted octanol–water partition coefficient (Wildman–Crippen LogP) is 0.676. The summed E-state index contributed by atoms with van der Waals surface area (Å²) < 4.78 is 32.9. The van der Waals surface area contributed by atoms with Crippen molar-refractivity contribution in [3.8, 4) is 0 Å². The molecule has 0 spiro atoms. The van der Waals surface area contributed by atoms with Crippen molar-refractivity contribution in [2.45, 2.75) is 49.8 Å². The second-order valence-corrected chi connectivity index (χ2v) is 8.96. The summed E-state index contributed by atoms with van der Waals surface area (Å²) in [5.74, 6) is 0.772. The average Bonchev–Trinajstić information content (AvgIpc) is 3.36. The van der Waals surface area contributed by atoms with Crippen molar-refractivity contribution in [3.63, 3.8) is 0 Å². The van der Waals surface area contributed by atoms with Gasteiger partial charge in [0.2, 0.25) is 10.0 Å². The zero-order valence-corrected chi connectivity index (χ0v) is 17.1. The van der Waals surface area contributed by atoms with E-state index in [1.807, 2.05) is 11.8 Å². The molecule has 8 nitrogen and oxygen atoms in total. The van der Waals surface area contributed by atoms with Gasteiger partial charge in [-0.15, -0.1) is 0 Å². The van der Waals surface area contributed by atoms with Gasteiger partial charge in [-0.25, -0.2) is 18.1 Å². The van der Waals surface area contributed by atoms with E-state index in [-0.39, 0.29) is 17.1 Å². The van der Waals surface area contributed by atoms with E-state index in [9.17, 15) is 13.5 Å². The number of nitrogens with one attached hydrogen (secondary N) is 2. The molecule has 0 amide bonds. The minimum absolute atomic E-state index is 0.0306. The fourth-order valence-electron chi connectivity index (χ4n) is 3.39. The third kappa shape index (κ3) is 5.66. The normalized spacial score (nSPS) is 23.4. The average molecular weight is 411 g/mol. The van der Waals surface area contributed by atoms with Crippen molar-refractivity contribution < 1.29 is 18.3 Å². The highest BCUT2D eigenvalue weighted by molar-refractivity contribution is 7.89. The number of rotatable bonds is 7. The van der Waals surface area contributed by atoms with E-state index in [0.717, 1.165) is 43.9 Å². The van der Waals surface area contributed by atoms with Crippen molar-refractivity contribution in [2.24, 2.45) is 4.99 Å². The number of hydrogen-bond donors (Lipinski definition) is 3. The zero-order valence-electron chi connectivity index (χ0n) is 16.3. The van der Waals surface area contributed by atoms with E-state index < -0.39 is 10.0 Å². The first-order valence-corrected chi connectivity index (χ1v) is 11.4. The van der Waals surface area contributed by atoms with Crippen molar-refractivity contribution in [3.05, 3.63) is 29.8 Å². The van der Waals surface area contributed by atoms with Crippen LogP contribution in [-0.4, -0.2) is 69.4 Å². The van der Waals surface area contributed by atoms with E-state index in [1.165, 1.54) is 0 Å². The van der Waals surface area contributed by atoms with Gasteiger partial charge in [0.15, 0.2) is 5.96 Å². The molecular weight excluding hydrogens is 380 g/mol. The van der Waals surface area contributed by atoms with Gasteiger partial charge in [-0.1, -0.05) is 12.1 Å². The molecule has 3 rings (SSSR count). The van der Waals surface area contributed by atoms with Gasteiger partial charge in [0, 0.05) is 32.8 Å². The number of ether oxygens (including phenoxy) is 1. The lowest BCUT2D eigenvalue weighted by Crippen LogP contribution is -2.40. The van der Waals surface area contributed by atoms with Gasteiger partial charge in [-0.3, -0.25) is 0 Å². The molecule has 0 saturated carbocycles. The highest BCUT2D eigenvalue weighted by Crippen LogP contribution is 2.15. The summed E-state index contributed by atoms with van der Waals surface area (Å²) in [6.07, 6.45) is 2.28. The summed E-state index contributed by atoms with van der Waals surface area (Å²) in [6, 6.07) is 6.78. The lowest BCUT2D eigenvalue weighted by atomic mass is 10.2. The molecule has 0 bridgehead atoms. The fraction of sp³-hybridized carbons (Fsp3) is 0.632. The van der Waals surface area contributed by atoms with Gasteiger partial charge in [0.1, 0.15) is 0 Å². The minimum Gasteiger partial charge on any atom is -0.391 e. The molecule has 2 aliphatic heterocycles. The lowest BCUT2D eigenvalue weighted by Gasteiger charge is -2.20. The number of hydrogen-bond acceptors (Lipinski definition) is 5. The molecule has 3 N–H and O–H groups in total. The van der Waals surface area contributed by atoms with Crippen LogP contribution in [0.1, 0.15) is 31.7 Å². The summed E-state index contributed by atoms with van der Waals surface area (Å²) in [6.45, 7) is 5.57. The SMILES string of the molecule is CCNC(=NCc1ccc(S(=O)(=O)NCC2CCCO2)cc1)N1CC[C@@H](O)C1. The highest BCUT2D eigenvalue weighted by atomic mass is 32.2. The number of aliphatic hydroxyl groups excluding tert-OH is 1. The Kier molecular flexibility index (Phi) is 7.28. The lowest BCUT2D eigenvalue weighted by molar-refractivity contribution is 0.114. The number of benzene rings is 1. The fourth-order valence-corrected chi connectivity index (χ4v) is 4.46. The smallest absolute Gasteiger partial charge is 0.240 e. The van der Waals surface area contributed by atoms with Crippen molar-refractivity contribution in [1.82, 2.24) is 14.9 Å². The first-order valence-electron chi connectivity index (χ1n) is 9.89. The van der Waals surface area contributed by atoms with Gasteiger partial charge in [-0.2, -0.15) is 0 Å². The Hall–Kier alpha value is -1.68. The van der Waals surface area contributed by atoms with Gasteiger partial charge in [0.05, 0.1) is 23.6 Å². The van der Waals surface area contributed by atoms with Crippen LogP contribution in [0.15, 0.2) is 34.2 Å². The topological polar surface area (TPSA) is 103 Å². The molecule has 2 saturated heterocycles.